The van der Waals surface area contributed by atoms with E-state index in [1.807, 2.05) is 12.1 Å². The fourth-order valence-electron chi connectivity index (χ4n) is 3.53. The summed E-state index contributed by atoms with van der Waals surface area (Å²) >= 11 is 7.59. The first-order valence-corrected chi connectivity index (χ1v) is 11.3. The number of halogens is 1. The van der Waals surface area contributed by atoms with Gasteiger partial charge in [0.2, 0.25) is 5.16 Å². The molecule has 0 unspecified atom stereocenters. The van der Waals surface area contributed by atoms with Crippen molar-refractivity contribution in [3.8, 4) is 5.75 Å². The molecule has 1 N–H and O–H groups in total. The molecule has 2 aromatic rings. The van der Waals surface area contributed by atoms with E-state index >= 15 is 0 Å². The molecular formula is C19H25ClN6O2S. The van der Waals surface area contributed by atoms with Gasteiger partial charge in [0.1, 0.15) is 12.4 Å². The van der Waals surface area contributed by atoms with E-state index in [9.17, 15) is 4.79 Å². The lowest BCUT2D eigenvalue weighted by atomic mass is 10.1. The zero-order chi connectivity index (χ0) is 20.1. The second kappa shape index (κ2) is 9.69. The predicted molar refractivity (Wildman–Crippen MR) is 113 cm³/mol. The molecule has 0 bridgehead atoms. The van der Waals surface area contributed by atoms with E-state index in [-0.39, 0.29) is 12.6 Å². The molecule has 0 radical (unpaired) electrons. The van der Waals surface area contributed by atoms with Crippen LogP contribution in [-0.4, -0.2) is 64.3 Å². The highest BCUT2D eigenvalue weighted by molar-refractivity contribution is 7.99. The van der Waals surface area contributed by atoms with Gasteiger partial charge in [-0.25, -0.2) is 14.5 Å². The Balaban J connectivity index is 1.37. The van der Waals surface area contributed by atoms with Crippen LogP contribution >= 0.6 is 23.4 Å². The molecule has 4 rings (SSSR count). The molecule has 1 aromatic carbocycles. The molecule has 29 heavy (non-hydrogen) atoms. The van der Waals surface area contributed by atoms with Crippen molar-refractivity contribution >= 4 is 29.4 Å². The van der Waals surface area contributed by atoms with Crippen LogP contribution in [0.25, 0.3) is 0 Å². The number of likely N-dealkylation sites (tertiary alicyclic amines) is 1. The summed E-state index contributed by atoms with van der Waals surface area (Å²) in [6, 6.07) is 7.07. The van der Waals surface area contributed by atoms with Crippen molar-refractivity contribution in [3.63, 3.8) is 0 Å². The highest BCUT2D eigenvalue weighted by Crippen LogP contribution is 2.24. The highest BCUT2D eigenvalue weighted by Gasteiger charge is 2.27. The van der Waals surface area contributed by atoms with Crippen LogP contribution in [0.1, 0.15) is 25.1 Å². The minimum absolute atomic E-state index is 0.132. The Morgan fingerprint density at radius 1 is 1.21 bits per heavy atom. The first-order chi connectivity index (χ1) is 14.2. The van der Waals surface area contributed by atoms with Crippen LogP contribution in [0, 0.1) is 0 Å². The average molecular weight is 437 g/mol. The number of amides is 2. The number of urea groups is 1. The summed E-state index contributed by atoms with van der Waals surface area (Å²) in [5.74, 6) is 2.02. The number of rotatable bonds is 6. The van der Waals surface area contributed by atoms with Crippen molar-refractivity contribution in [2.24, 2.45) is 0 Å². The van der Waals surface area contributed by atoms with Gasteiger partial charge in [0, 0.05) is 23.9 Å². The van der Waals surface area contributed by atoms with Crippen LogP contribution < -0.4 is 15.1 Å². The Morgan fingerprint density at radius 3 is 2.90 bits per heavy atom. The Kier molecular flexibility index (Phi) is 6.78. The Labute approximate surface area is 179 Å². The molecule has 0 atom stereocenters. The Hall–Kier alpha value is -1.97. The van der Waals surface area contributed by atoms with E-state index in [1.165, 1.54) is 19.3 Å². The molecule has 1 aromatic heterocycles. The van der Waals surface area contributed by atoms with Crippen LogP contribution in [-0.2, 0) is 6.61 Å². The van der Waals surface area contributed by atoms with Gasteiger partial charge in [0.05, 0.1) is 6.54 Å². The van der Waals surface area contributed by atoms with Crippen molar-refractivity contribution in [1.29, 1.82) is 0 Å². The number of fused-ring (bicyclic) bond motifs is 1. The average Bonchev–Trinajstić information content (AvgIpc) is 3.16. The Bertz CT molecular complexity index is 842. The van der Waals surface area contributed by atoms with Crippen LogP contribution in [0.5, 0.6) is 5.75 Å². The molecule has 2 amide bonds. The van der Waals surface area contributed by atoms with Gasteiger partial charge in [0.25, 0.3) is 0 Å². The first kappa shape index (κ1) is 20.3. The summed E-state index contributed by atoms with van der Waals surface area (Å²) in [6.07, 6.45) is 3.80. The maximum atomic E-state index is 12.8. The van der Waals surface area contributed by atoms with Crippen molar-refractivity contribution in [3.05, 3.63) is 35.1 Å². The van der Waals surface area contributed by atoms with Crippen molar-refractivity contribution < 1.29 is 9.53 Å². The second-order valence-electron chi connectivity index (χ2n) is 7.06. The Morgan fingerprint density at radius 2 is 2.07 bits per heavy atom. The van der Waals surface area contributed by atoms with Gasteiger partial charge in [-0.2, -0.15) is 0 Å². The van der Waals surface area contributed by atoms with Crippen molar-refractivity contribution in [2.75, 3.05) is 43.5 Å². The second-order valence-corrected chi connectivity index (χ2v) is 8.56. The van der Waals surface area contributed by atoms with Crippen LogP contribution in [0.4, 0.5) is 4.79 Å². The highest BCUT2D eigenvalue weighted by atomic mass is 35.5. The topological polar surface area (TPSA) is 75.5 Å². The number of carbonyl (C=O) groups excluding carboxylic acids is 1. The van der Waals surface area contributed by atoms with E-state index in [4.69, 9.17) is 16.3 Å². The third kappa shape index (κ3) is 5.15. The molecule has 3 heterocycles. The van der Waals surface area contributed by atoms with Gasteiger partial charge in [-0.05, 0) is 44.1 Å². The fourth-order valence-corrected chi connectivity index (χ4v) is 4.59. The third-order valence-electron chi connectivity index (χ3n) is 5.00. The van der Waals surface area contributed by atoms with Crippen LogP contribution in [0.15, 0.2) is 29.4 Å². The number of hydrogen-bond acceptors (Lipinski definition) is 6. The number of ether oxygens (including phenoxy) is 1. The van der Waals surface area contributed by atoms with E-state index in [0.29, 0.717) is 34.8 Å². The molecule has 156 valence electrons. The van der Waals surface area contributed by atoms with E-state index in [0.717, 1.165) is 25.4 Å². The lowest BCUT2D eigenvalue weighted by Gasteiger charge is -2.30. The summed E-state index contributed by atoms with van der Waals surface area (Å²) in [4.78, 5) is 15.2. The minimum Gasteiger partial charge on any atom is -0.485 e. The number of carbonyl (C=O) groups is 1. The minimum atomic E-state index is -0.132. The summed E-state index contributed by atoms with van der Waals surface area (Å²) < 4.78 is 7.56. The molecular weight excluding hydrogens is 412 g/mol. The van der Waals surface area contributed by atoms with E-state index in [2.05, 4.69) is 20.4 Å². The molecule has 2 aliphatic heterocycles. The number of thioether (sulfide) groups is 1. The van der Waals surface area contributed by atoms with Gasteiger partial charge in [-0.3, -0.25) is 0 Å². The molecule has 1 fully saturated rings. The molecule has 0 spiro atoms. The monoisotopic (exact) mass is 436 g/mol. The number of benzene rings is 1. The van der Waals surface area contributed by atoms with Gasteiger partial charge in [-0.15, -0.1) is 10.2 Å². The van der Waals surface area contributed by atoms with Gasteiger partial charge >= 0.3 is 6.03 Å². The van der Waals surface area contributed by atoms with Gasteiger partial charge in [0.15, 0.2) is 5.82 Å². The molecule has 0 aliphatic carbocycles. The first-order valence-electron chi connectivity index (χ1n) is 9.94. The maximum absolute atomic E-state index is 12.8. The normalized spacial score (nSPS) is 17.1. The summed E-state index contributed by atoms with van der Waals surface area (Å²) in [5, 5.41) is 14.5. The number of nitrogens with one attached hydrogen (secondary N) is 1. The molecule has 0 saturated carbocycles. The smallest absolute Gasteiger partial charge is 0.336 e. The zero-order valence-corrected chi connectivity index (χ0v) is 17.8. The standard InChI is InChI=1S/C19H25ClN6O2S/c20-15-5-4-6-16(13-15)28-14-17-22-23-19-26(17)25(11-12-29-19)18(27)21-7-10-24-8-2-1-3-9-24/h4-6,13H,1-3,7-12,14H2,(H,21,27). The molecule has 1 saturated heterocycles. The molecule has 8 nitrogen and oxygen atoms in total. The predicted octanol–water partition coefficient (Wildman–Crippen LogP) is 2.75. The largest absolute Gasteiger partial charge is 0.485 e. The third-order valence-corrected chi connectivity index (χ3v) is 6.14. The lowest BCUT2D eigenvalue weighted by Crippen LogP contribution is -2.52. The molecule has 2 aliphatic rings. The summed E-state index contributed by atoms with van der Waals surface area (Å²) in [5.41, 5.74) is 0. The van der Waals surface area contributed by atoms with Crippen molar-refractivity contribution in [1.82, 2.24) is 25.1 Å². The van der Waals surface area contributed by atoms with E-state index < -0.39 is 0 Å². The van der Waals surface area contributed by atoms with Gasteiger partial charge in [-0.1, -0.05) is 35.9 Å². The molecule has 10 heteroatoms. The summed E-state index contributed by atoms with van der Waals surface area (Å²) in [6.45, 7) is 4.55. The van der Waals surface area contributed by atoms with E-state index in [1.54, 1.807) is 33.6 Å². The SMILES string of the molecule is O=C(NCCN1CCCCC1)N1CCSc2nnc(COc3cccc(Cl)c3)n21. The number of hydrogen-bond donors (Lipinski definition) is 1. The van der Waals surface area contributed by atoms with Crippen molar-refractivity contribution in [2.45, 2.75) is 31.0 Å². The number of piperidine rings is 1. The summed E-state index contributed by atoms with van der Waals surface area (Å²) in [7, 11) is 0. The van der Waals surface area contributed by atoms with Gasteiger partial charge < -0.3 is 15.0 Å². The van der Waals surface area contributed by atoms with Crippen LogP contribution in [0.2, 0.25) is 5.02 Å². The zero-order valence-electron chi connectivity index (χ0n) is 16.2. The number of aromatic nitrogens is 3. The van der Waals surface area contributed by atoms with Crippen LogP contribution in [0.3, 0.4) is 0 Å². The number of nitrogens with zero attached hydrogens (tertiary/aromatic N) is 5. The quantitative estimate of drug-likeness (QED) is 0.750. The lowest BCUT2D eigenvalue weighted by molar-refractivity contribution is 0.219. The maximum Gasteiger partial charge on any atom is 0.336 e. The fraction of sp³-hybridized carbons (Fsp3) is 0.526.